The van der Waals surface area contributed by atoms with Crippen molar-refractivity contribution in [3.63, 3.8) is 0 Å². The molecule has 4 aromatic carbocycles. The smallest absolute Gasteiger partial charge is 0.416 e. The van der Waals surface area contributed by atoms with Gasteiger partial charge in [0.15, 0.2) is 0 Å². The second-order valence-electron chi connectivity index (χ2n) is 8.56. The van der Waals surface area contributed by atoms with Crippen molar-refractivity contribution in [2.75, 3.05) is 23.9 Å². The standard InChI is InChI=1S/C30H27F3N2O2/c1-37-28-16-14-26(15-17-28)34-29(36)18-19-35(21-22-10-12-25(13-11-22)30(31,32)33)27-9-5-8-24(20-27)23-6-3-2-4-7-23/h2-17,20H,18-19,21H2,1H3,(H,34,36). The van der Waals surface area contributed by atoms with Crippen molar-refractivity contribution in [1.29, 1.82) is 0 Å². The van der Waals surface area contributed by atoms with E-state index in [1.54, 1.807) is 31.4 Å². The number of anilines is 2. The van der Waals surface area contributed by atoms with E-state index in [1.165, 1.54) is 12.1 Å². The number of benzene rings is 4. The molecule has 0 atom stereocenters. The number of nitrogens with one attached hydrogen (secondary N) is 1. The molecule has 0 aliphatic heterocycles. The maximum atomic E-state index is 13.0. The van der Waals surface area contributed by atoms with Crippen LogP contribution in [0, 0.1) is 0 Å². The number of carbonyl (C=O) groups is 1. The summed E-state index contributed by atoms with van der Waals surface area (Å²) >= 11 is 0. The first-order chi connectivity index (χ1) is 17.8. The predicted molar refractivity (Wildman–Crippen MR) is 141 cm³/mol. The van der Waals surface area contributed by atoms with Crippen LogP contribution in [0.2, 0.25) is 0 Å². The van der Waals surface area contributed by atoms with E-state index in [0.717, 1.165) is 28.9 Å². The first kappa shape index (κ1) is 25.8. The Bertz CT molecular complexity index is 1310. The topological polar surface area (TPSA) is 41.6 Å². The molecule has 0 bridgehead atoms. The largest absolute Gasteiger partial charge is 0.497 e. The summed E-state index contributed by atoms with van der Waals surface area (Å²) < 4.78 is 44.2. The number of methoxy groups -OCH3 is 1. The monoisotopic (exact) mass is 504 g/mol. The Morgan fingerprint density at radius 3 is 2.16 bits per heavy atom. The van der Waals surface area contributed by atoms with Gasteiger partial charge in [-0.2, -0.15) is 13.2 Å². The van der Waals surface area contributed by atoms with Crippen LogP contribution in [0.15, 0.2) is 103 Å². The van der Waals surface area contributed by atoms with E-state index < -0.39 is 11.7 Å². The van der Waals surface area contributed by atoms with E-state index in [9.17, 15) is 18.0 Å². The van der Waals surface area contributed by atoms with Crippen LogP contribution in [0.25, 0.3) is 11.1 Å². The highest BCUT2D eigenvalue weighted by atomic mass is 19.4. The van der Waals surface area contributed by atoms with Crippen molar-refractivity contribution in [3.05, 3.63) is 114 Å². The molecule has 4 rings (SSSR count). The van der Waals surface area contributed by atoms with Crippen LogP contribution >= 0.6 is 0 Å². The minimum absolute atomic E-state index is 0.165. The van der Waals surface area contributed by atoms with Crippen LogP contribution in [0.5, 0.6) is 5.75 Å². The number of amides is 1. The summed E-state index contributed by atoms with van der Waals surface area (Å²) in [6, 6.07) is 30.0. The number of carbonyl (C=O) groups excluding carboxylic acids is 1. The summed E-state index contributed by atoms with van der Waals surface area (Å²) in [7, 11) is 1.58. The predicted octanol–water partition coefficient (Wildman–Crippen LogP) is 7.42. The third kappa shape index (κ3) is 7.13. The zero-order valence-corrected chi connectivity index (χ0v) is 20.3. The summed E-state index contributed by atoms with van der Waals surface area (Å²) in [5.41, 5.74) is 3.63. The van der Waals surface area contributed by atoms with Crippen molar-refractivity contribution in [2.45, 2.75) is 19.1 Å². The van der Waals surface area contributed by atoms with Crippen molar-refractivity contribution in [3.8, 4) is 16.9 Å². The molecule has 1 amide bonds. The minimum atomic E-state index is -4.39. The van der Waals surface area contributed by atoms with Gasteiger partial charge in [0, 0.05) is 30.9 Å². The van der Waals surface area contributed by atoms with Crippen LogP contribution in [0.1, 0.15) is 17.5 Å². The number of rotatable bonds is 9. The Morgan fingerprint density at radius 1 is 0.838 bits per heavy atom. The highest BCUT2D eigenvalue weighted by molar-refractivity contribution is 5.91. The van der Waals surface area contributed by atoms with E-state index in [1.807, 2.05) is 59.5 Å². The molecule has 0 spiro atoms. The lowest BCUT2D eigenvalue weighted by Gasteiger charge is -2.26. The van der Waals surface area contributed by atoms with Crippen molar-refractivity contribution < 1.29 is 22.7 Å². The van der Waals surface area contributed by atoms with Gasteiger partial charge in [-0.15, -0.1) is 0 Å². The Labute approximate surface area is 214 Å². The van der Waals surface area contributed by atoms with E-state index >= 15 is 0 Å². The highest BCUT2D eigenvalue weighted by Crippen LogP contribution is 2.30. The summed E-state index contributed by atoms with van der Waals surface area (Å²) in [5.74, 6) is 0.529. The summed E-state index contributed by atoms with van der Waals surface area (Å²) in [4.78, 5) is 14.7. The van der Waals surface area contributed by atoms with Gasteiger partial charge in [0.1, 0.15) is 5.75 Å². The first-order valence-electron chi connectivity index (χ1n) is 11.8. The normalized spacial score (nSPS) is 11.1. The molecule has 0 saturated carbocycles. The lowest BCUT2D eigenvalue weighted by atomic mass is 10.0. The van der Waals surface area contributed by atoms with Gasteiger partial charge in [0.25, 0.3) is 0 Å². The molecule has 4 aromatic rings. The van der Waals surface area contributed by atoms with Gasteiger partial charge in [-0.3, -0.25) is 4.79 Å². The summed E-state index contributed by atoms with van der Waals surface area (Å²) in [6.45, 7) is 0.730. The maximum absolute atomic E-state index is 13.0. The average Bonchev–Trinajstić information content (AvgIpc) is 2.92. The lowest BCUT2D eigenvalue weighted by molar-refractivity contribution is -0.137. The summed E-state index contributed by atoms with van der Waals surface area (Å²) in [6.07, 6.45) is -4.19. The van der Waals surface area contributed by atoms with Gasteiger partial charge in [-0.1, -0.05) is 54.6 Å². The molecule has 7 heteroatoms. The second-order valence-corrected chi connectivity index (χ2v) is 8.56. The number of alkyl halides is 3. The third-order valence-corrected chi connectivity index (χ3v) is 5.96. The van der Waals surface area contributed by atoms with Crippen LogP contribution in [-0.4, -0.2) is 19.6 Å². The van der Waals surface area contributed by atoms with E-state index in [2.05, 4.69) is 5.32 Å². The van der Waals surface area contributed by atoms with Gasteiger partial charge in [0.2, 0.25) is 5.91 Å². The van der Waals surface area contributed by atoms with E-state index in [-0.39, 0.29) is 12.3 Å². The zero-order valence-electron chi connectivity index (χ0n) is 20.3. The molecular formula is C30H27F3N2O2. The van der Waals surface area contributed by atoms with Gasteiger partial charge in [0.05, 0.1) is 12.7 Å². The Balaban J connectivity index is 1.53. The SMILES string of the molecule is COc1ccc(NC(=O)CCN(Cc2ccc(C(F)(F)F)cc2)c2cccc(-c3ccccc3)c2)cc1. The number of ether oxygens (including phenoxy) is 1. The zero-order chi connectivity index (χ0) is 26.3. The molecule has 190 valence electrons. The molecule has 0 radical (unpaired) electrons. The van der Waals surface area contributed by atoms with E-state index in [0.29, 0.717) is 30.1 Å². The number of hydrogen-bond acceptors (Lipinski definition) is 3. The fourth-order valence-corrected chi connectivity index (χ4v) is 3.97. The maximum Gasteiger partial charge on any atom is 0.416 e. The van der Waals surface area contributed by atoms with Crippen molar-refractivity contribution in [1.82, 2.24) is 0 Å². The molecule has 1 N–H and O–H groups in total. The van der Waals surface area contributed by atoms with Gasteiger partial charge in [-0.05, 0) is 65.2 Å². The fourth-order valence-electron chi connectivity index (χ4n) is 3.97. The Morgan fingerprint density at radius 2 is 1.51 bits per heavy atom. The fraction of sp³-hybridized carbons (Fsp3) is 0.167. The van der Waals surface area contributed by atoms with Crippen LogP contribution in [-0.2, 0) is 17.5 Å². The Kier molecular flexibility index (Phi) is 8.13. The molecule has 0 aromatic heterocycles. The van der Waals surface area contributed by atoms with Crippen LogP contribution < -0.4 is 15.0 Å². The molecule has 0 unspecified atom stereocenters. The number of nitrogens with zero attached hydrogens (tertiary/aromatic N) is 1. The molecule has 0 aliphatic rings. The molecule has 4 nitrogen and oxygen atoms in total. The quantitative estimate of drug-likeness (QED) is 0.258. The van der Waals surface area contributed by atoms with E-state index in [4.69, 9.17) is 4.74 Å². The molecule has 0 heterocycles. The molecule has 0 saturated heterocycles. The van der Waals surface area contributed by atoms with Crippen LogP contribution in [0.4, 0.5) is 24.5 Å². The van der Waals surface area contributed by atoms with Gasteiger partial charge >= 0.3 is 6.18 Å². The molecular weight excluding hydrogens is 477 g/mol. The van der Waals surface area contributed by atoms with Crippen molar-refractivity contribution >= 4 is 17.3 Å². The third-order valence-electron chi connectivity index (χ3n) is 5.96. The summed E-state index contributed by atoms with van der Waals surface area (Å²) in [5, 5.41) is 2.88. The Hall–Kier alpha value is -4.26. The number of halogens is 3. The number of hydrogen-bond donors (Lipinski definition) is 1. The molecule has 0 fully saturated rings. The van der Waals surface area contributed by atoms with Crippen molar-refractivity contribution in [2.24, 2.45) is 0 Å². The van der Waals surface area contributed by atoms with Gasteiger partial charge in [-0.25, -0.2) is 0 Å². The molecule has 37 heavy (non-hydrogen) atoms. The second kappa shape index (κ2) is 11.6. The lowest BCUT2D eigenvalue weighted by Crippen LogP contribution is -2.27. The van der Waals surface area contributed by atoms with Crippen LogP contribution in [0.3, 0.4) is 0 Å². The van der Waals surface area contributed by atoms with Gasteiger partial charge < -0.3 is 15.0 Å². The highest BCUT2D eigenvalue weighted by Gasteiger charge is 2.30. The first-order valence-corrected chi connectivity index (χ1v) is 11.8. The molecule has 0 aliphatic carbocycles. The average molecular weight is 505 g/mol. The minimum Gasteiger partial charge on any atom is -0.497 e.